The van der Waals surface area contributed by atoms with E-state index in [1.165, 1.54) is 14.2 Å². The normalized spacial score (nSPS) is 16.5. The molecule has 1 aliphatic heterocycles. The molecule has 1 aliphatic rings. The van der Waals surface area contributed by atoms with E-state index in [2.05, 4.69) is 5.32 Å². The van der Waals surface area contributed by atoms with E-state index in [9.17, 15) is 13.2 Å². The van der Waals surface area contributed by atoms with Gasteiger partial charge in [0, 0.05) is 32.2 Å². The van der Waals surface area contributed by atoms with Crippen molar-refractivity contribution in [1.82, 2.24) is 10.2 Å². The van der Waals surface area contributed by atoms with Gasteiger partial charge in [-0.1, -0.05) is 6.07 Å². The Labute approximate surface area is 152 Å². The van der Waals surface area contributed by atoms with Crippen molar-refractivity contribution in [3.8, 4) is 11.5 Å². The summed E-state index contributed by atoms with van der Waals surface area (Å²) in [5.74, 6) is 0.958. The van der Waals surface area contributed by atoms with Crippen molar-refractivity contribution in [3.05, 3.63) is 23.8 Å². The fraction of sp³-hybridized carbons (Fsp3) is 0.600. The minimum absolute atomic E-state index is 0. The Kier molecular flexibility index (Phi) is 9.80. The van der Waals surface area contributed by atoms with Crippen LogP contribution >= 0.6 is 24.8 Å². The lowest BCUT2D eigenvalue weighted by Crippen LogP contribution is -2.46. The van der Waals surface area contributed by atoms with Gasteiger partial charge in [-0.05, 0) is 17.7 Å². The molecule has 0 bridgehead atoms. The molecule has 4 nitrogen and oxygen atoms in total. The van der Waals surface area contributed by atoms with Gasteiger partial charge in [-0.15, -0.1) is 24.8 Å². The van der Waals surface area contributed by atoms with Crippen molar-refractivity contribution in [2.45, 2.75) is 18.6 Å². The first-order valence-electron chi connectivity index (χ1n) is 7.18. The molecule has 0 aliphatic carbocycles. The van der Waals surface area contributed by atoms with Crippen molar-refractivity contribution < 1.29 is 22.6 Å². The first-order valence-corrected chi connectivity index (χ1v) is 7.18. The minimum atomic E-state index is -4.22. The number of ether oxygens (including phenoxy) is 2. The van der Waals surface area contributed by atoms with Gasteiger partial charge in [0.15, 0.2) is 11.5 Å². The van der Waals surface area contributed by atoms with Crippen LogP contribution in [0.4, 0.5) is 13.2 Å². The number of methoxy groups -OCH3 is 2. The molecule has 1 aromatic carbocycles. The lowest BCUT2D eigenvalue weighted by Gasteiger charge is -2.35. The largest absolute Gasteiger partial charge is 0.493 e. The molecule has 1 heterocycles. The van der Waals surface area contributed by atoms with E-state index in [0.29, 0.717) is 43.2 Å². The van der Waals surface area contributed by atoms with Crippen molar-refractivity contribution in [2.75, 3.05) is 40.4 Å². The van der Waals surface area contributed by atoms with Gasteiger partial charge >= 0.3 is 6.18 Å². The third-order valence-electron chi connectivity index (χ3n) is 3.81. The zero-order valence-electron chi connectivity index (χ0n) is 13.6. The smallest absolute Gasteiger partial charge is 0.390 e. The molecule has 0 radical (unpaired) electrons. The average molecular weight is 391 g/mol. The van der Waals surface area contributed by atoms with Crippen LogP contribution in [-0.4, -0.2) is 51.5 Å². The molecule has 0 spiro atoms. The number of rotatable bonds is 5. The average Bonchev–Trinajstić information content (AvgIpc) is 2.52. The number of benzene rings is 1. The van der Waals surface area contributed by atoms with Crippen LogP contribution in [0, 0.1) is 0 Å². The Hall–Kier alpha value is -0.890. The van der Waals surface area contributed by atoms with Crippen LogP contribution in [0.3, 0.4) is 0 Å². The summed E-state index contributed by atoms with van der Waals surface area (Å²) in [5.41, 5.74) is 0.594. The number of hydrogen-bond donors (Lipinski definition) is 1. The van der Waals surface area contributed by atoms with Crippen molar-refractivity contribution >= 4 is 24.8 Å². The summed E-state index contributed by atoms with van der Waals surface area (Å²) in [7, 11) is 2.98. The van der Waals surface area contributed by atoms with Crippen LogP contribution in [0.15, 0.2) is 18.2 Å². The third kappa shape index (κ3) is 6.20. The molecular weight excluding hydrogens is 368 g/mol. The van der Waals surface area contributed by atoms with Crippen molar-refractivity contribution in [1.29, 1.82) is 0 Å². The van der Waals surface area contributed by atoms with Gasteiger partial charge in [0.05, 0.1) is 20.6 Å². The van der Waals surface area contributed by atoms with Crippen LogP contribution < -0.4 is 14.8 Å². The summed E-state index contributed by atoms with van der Waals surface area (Å²) in [6.45, 7) is 2.58. The number of halogens is 5. The molecule has 0 saturated carbocycles. The second-order valence-electron chi connectivity index (χ2n) is 5.24. The van der Waals surface area contributed by atoms with Gasteiger partial charge in [-0.3, -0.25) is 4.90 Å². The molecule has 1 aromatic rings. The summed E-state index contributed by atoms with van der Waals surface area (Å²) in [6.07, 6.45) is -5.09. The lowest BCUT2D eigenvalue weighted by molar-refractivity contribution is -0.148. The van der Waals surface area contributed by atoms with Gasteiger partial charge in [-0.25, -0.2) is 0 Å². The van der Waals surface area contributed by atoms with Crippen molar-refractivity contribution in [3.63, 3.8) is 0 Å². The van der Waals surface area contributed by atoms with E-state index < -0.39 is 18.6 Å². The van der Waals surface area contributed by atoms with E-state index in [1.54, 1.807) is 18.2 Å². The highest BCUT2D eigenvalue weighted by Gasteiger charge is 2.36. The molecule has 1 fully saturated rings. The van der Waals surface area contributed by atoms with E-state index in [-0.39, 0.29) is 24.8 Å². The van der Waals surface area contributed by atoms with Gasteiger partial charge in [0.25, 0.3) is 0 Å². The minimum Gasteiger partial charge on any atom is -0.493 e. The Morgan fingerprint density at radius 1 is 1.08 bits per heavy atom. The van der Waals surface area contributed by atoms with Gasteiger partial charge in [0.1, 0.15) is 0 Å². The maximum Gasteiger partial charge on any atom is 0.390 e. The third-order valence-corrected chi connectivity index (χ3v) is 3.81. The lowest BCUT2D eigenvalue weighted by atomic mass is 10.00. The zero-order valence-corrected chi connectivity index (χ0v) is 15.2. The van der Waals surface area contributed by atoms with Crippen LogP contribution in [-0.2, 0) is 0 Å². The Morgan fingerprint density at radius 2 is 1.67 bits per heavy atom. The standard InChI is InChI=1S/C15H21F3N2O2.2ClH/c1-21-13-4-3-11(9-14(13)22-2)12(10-15(16,17)18)20-7-5-19-6-8-20;;/h3-4,9,12,19H,5-8,10H2,1-2H3;2*1H/t12-;;/m0../s1. The van der Waals surface area contributed by atoms with Gasteiger partial charge < -0.3 is 14.8 Å². The Morgan fingerprint density at radius 3 is 2.17 bits per heavy atom. The van der Waals surface area contributed by atoms with Crippen LogP contribution in [0.5, 0.6) is 11.5 Å². The monoisotopic (exact) mass is 390 g/mol. The highest BCUT2D eigenvalue weighted by atomic mass is 35.5. The van der Waals surface area contributed by atoms with E-state index >= 15 is 0 Å². The number of nitrogens with one attached hydrogen (secondary N) is 1. The fourth-order valence-electron chi connectivity index (χ4n) is 2.73. The van der Waals surface area contributed by atoms with Gasteiger partial charge in [-0.2, -0.15) is 13.2 Å². The quantitative estimate of drug-likeness (QED) is 0.834. The molecule has 1 atom stereocenters. The molecule has 24 heavy (non-hydrogen) atoms. The molecule has 0 unspecified atom stereocenters. The molecule has 140 valence electrons. The van der Waals surface area contributed by atoms with Gasteiger partial charge in [0.2, 0.25) is 0 Å². The van der Waals surface area contributed by atoms with E-state index in [0.717, 1.165) is 0 Å². The summed E-state index contributed by atoms with van der Waals surface area (Å²) >= 11 is 0. The molecular formula is C15H23Cl2F3N2O2. The highest BCUT2D eigenvalue weighted by Crippen LogP contribution is 2.37. The van der Waals surface area contributed by atoms with E-state index in [4.69, 9.17) is 9.47 Å². The number of piperazine rings is 1. The molecule has 1 saturated heterocycles. The summed E-state index contributed by atoms with van der Waals surface area (Å²) < 4.78 is 49.3. The summed E-state index contributed by atoms with van der Waals surface area (Å²) in [5, 5.41) is 3.16. The number of alkyl halides is 3. The Balaban J connectivity index is 0.00000264. The van der Waals surface area contributed by atoms with Crippen molar-refractivity contribution in [2.24, 2.45) is 0 Å². The fourth-order valence-corrected chi connectivity index (χ4v) is 2.73. The number of hydrogen-bond acceptors (Lipinski definition) is 4. The predicted molar refractivity (Wildman–Crippen MR) is 91.9 cm³/mol. The topological polar surface area (TPSA) is 33.7 Å². The maximum absolute atomic E-state index is 13.0. The van der Waals surface area contributed by atoms with Crippen LogP contribution in [0.25, 0.3) is 0 Å². The predicted octanol–water partition coefficient (Wildman–Crippen LogP) is 3.45. The molecule has 1 N–H and O–H groups in total. The molecule has 2 rings (SSSR count). The second kappa shape index (κ2) is 10.2. The summed E-state index contributed by atoms with van der Waals surface area (Å²) in [4.78, 5) is 1.87. The molecule has 0 aromatic heterocycles. The molecule has 9 heteroatoms. The second-order valence-corrected chi connectivity index (χ2v) is 5.24. The first kappa shape index (κ1) is 23.1. The zero-order chi connectivity index (χ0) is 16.2. The van der Waals surface area contributed by atoms with E-state index in [1.807, 2.05) is 4.90 Å². The number of nitrogens with zero attached hydrogens (tertiary/aromatic N) is 1. The SMILES string of the molecule is COc1ccc([C@H](CC(F)(F)F)N2CCNCC2)cc1OC.Cl.Cl. The molecule has 0 amide bonds. The maximum atomic E-state index is 13.0. The highest BCUT2D eigenvalue weighted by molar-refractivity contribution is 5.85. The van der Waals surface area contributed by atoms with Crippen LogP contribution in [0.2, 0.25) is 0 Å². The Bertz CT molecular complexity index is 498. The first-order chi connectivity index (χ1) is 10.4. The van der Waals surface area contributed by atoms with Crippen LogP contribution in [0.1, 0.15) is 18.0 Å². The summed E-state index contributed by atoms with van der Waals surface area (Å²) in [6, 6.07) is 4.26.